The number of ether oxygens (including phenoxy) is 2. The fourth-order valence-corrected chi connectivity index (χ4v) is 3.57. The smallest absolute Gasteiger partial charge is 0.330 e. The van der Waals surface area contributed by atoms with Crippen LogP contribution in [0.4, 0.5) is 5.69 Å². The monoisotopic (exact) mass is 368 g/mol. The number of amides is 1. The maximum Gasteiger partial charge on any atom is 0.330 e. The Kier molecular flexibility index (Phi) is 6.68. The molecule has 0 aliphatic carbocycles. The molecule has 0 spiro atoms. The molecule has 1 saturated heterocycles. The molecule has 1 aliphatic rings. The first-order valence-corrected chi connectivity index (χ1v) is 9.21. The first-order chi connectivity index (χ1) is 11.9. The number of benzene rings is 1. The Morgan fingerprint density at radius 1 is 1.20 bits per heavy atom. The van der Waals surface area contributed by atoms with Crippen LogP contribution < -0.4 is 5.32 Å². The van der Waals surface area contributed by atoms with Crippen molar-refractivity contribution in [2.24, 2.45) is 0 Å². The third-order valence-electron chi connectivity index (χ3n) is 3.39. The third kappa shape index (κ3) is 5.38. The minimum Gasteiger partial charge on any atom is -0.463 e. The van der Waals surface area contributed by atoms with E-state index in [9.17, 15) is 18.0 Å². The summed E-state index contributed by atoms with van der Waals surface area (Å²) >= 11 is 0. The van der Waals surface area contributed by atoms with Gasteiger partial charge >= 0.3 is 5.97 Å². The molecule has 1 heterocycles. The van der Waals surface area contributed by atoms with Gasteiger partial charge in [0.1, 0.15) is 0 Å². The third-order valence-corrected chi connectivity index (χ3v) is 5.30. The largest absolute Gasteiger partial charge is 0.463 e. The molecule has 25 heavy (non-hydrogen) atoms. The van der Waals surface area contributed by atoms with Crippen molar-refractivity contribution >= 4 is 27.6 Å². The summed E-state index contributed by atoms with van der Waals surface area (Å²) in [7, 11) is -3.57. The van der Waals surface area contributed by atoms with Gasteiger partial charge in [0.05, 0.1) is 24.7 Å². The molecule has 9 heteroatoms. The van der Waals surface area contributed by atoms with Crippen molar-refractivity contribution in [2.75, 3.05) is 38.2 Å². The van der Waals surface area contributed by atoms with Crippen LogP contribution in [-0.2, 0) is 29.1 Å². The van der Waals surface area contributed by atoms with E-state index < -0.39 is 21.9 Å². The first-order valence-electron chi connectivity index (χ1n) is 7.77. The average molecular weight is 368 g/mol. The number of nitrogens with zero attached hydrogens (tertiary/aromatic N) is 1. The number of sulfonamides is 1. The van der Waals surface area contributed by atoms with E-state index in [0.29, 0.717) is 32.0 Å². The van der Waals surface area contributed by atoms with Crippen LogP contribution in [0.5, 0.6) is 0 Å². The Bertz CT molecular complexity index is 736. The molecular weight excluding hydrogens is 348 g/mol. The standard InChI is InChI=1S/C16H20N2O6S/c1-2-24-16(20)8-7-15(19)17-13-3-5-14(6-4-13)25(21,22)18-9-11-23-12-10-18/h3-8H,2,9-12H2,1H3,(H,17,19)/b8-7-. The Hall–Kier alpha value is -2.23. The molecule has 136 valence electrons. The van der Waals surface area contributed by atoms with Crippen LogP contribution in [0, 0.1) is 0 Å². The zero-order chi connectivity index (χ0) is 18.3. The molecule has 0 radical (unpaired) electrons. The number of anilines is 1. The van der Waals surface area contributed by atoms with Gasteiger partial charge in [-0.15, -0.1) is 0 Å². The van der Waals surface area contributed by atoms with Crippen LogP contribution in [0.1, 0.15) is 6.92 Å². The van der Waals surface area contributed by atoms with E-state index >= 15 is 0 Å². The first kappa shape index (κ1) is 19.1. The summed E-state index contributed by atoms with van der Waals surface area (Å²) in [6, 6.07) is 5.83. The van der Waals surface area contributed by atoms with Gasteiger partial charge in [-0.3, -0.25) is 4.79 Å². The SMILES string of the molecule is CCOC(=O)/C=C\C(=O)Nc1ccc(S(=O)(=O)N2CCOCC2)cc1. The number of nitrogens with one attached hydrogen (secondary N) is 1. The Balaban J connectivity index is 1.99. The van der Waals surface area contributed by atoms with E-state index in [-0.39, 0.29) is 11.5 Å². The fourth-order valence-electron chi connectivity index (χ4n) is 2.16. The van der Waals surface area contributed by atoms with Crippen LogP contribution >= 0.6 is 0 Å². The molecule has 0 bridgehead atoms. The molecule has 0 aromatic heterocycles. The van der Waals surface area contributed by atoms with Gasteiger partial charge in [0.15, 0.2) is 0 Å². The zero-order valence-corrected chi connectivity index (χ0v) is 14.6. The normalized spacial score (nSPS) is 15.9. The fraction of sp³-hybridized carbons (Fsp3) is 0.375. The summed E-state index contributed by atoms with van der Waals surface area (Å²) < 4.78 is 36.2. The van der Waals surface area contributed by atoms with Crippen molar-refractivity contribution < 1.29 is 27.5 Å². The highest BCUT2D eigenvalue weighted by atomic mass is 32.2. The van der Waals surface area contributed by atoms with Crippen LogP contribution in [0.25, 0.3) is 0 Å². The maximum absolute atomic E-state index is 12.5. The maximum atomic E-state index is 12.5. The molecule has 0 atom stereocenters. The van der Waals surface area contributed by atoms with Crippen molar-refractivity contribution in [3.05, 3.63) is 36.4 Å². The summed E-state index contributed by atoms with van der Waals surface area (Å²) in [5.41, 5.74) is 0.416. The highest BCUT2D eigenvalue weighted by molar-refractivity contribution is 7.89. The zero-order valence-electron chi connectivity index (χ0n) is 13.8. The molecule has 1 aromatic rings. The van der Waals surface area contributed by atoms with Gasteiger partial charge in [0.25, 0.3) is 0 Å². The molecule has 1 aliphatic heterocycles. The molecule has 0 unspecified atom stereocenters. The number of hydrogen-bond acceptors (Lipinski definition) is 6. The van der Waals surface area contributed by atoms with Crippen LogP contribution in [0.3, 0.4) is 0 Å². The minimum atomic E-state index is -3.57. The average Bonchev–Trinajstić information content (AvgIpc) is 2.61. The lowest BCUT2D eigenvalue weighted by molar-refractivity contribution is -0.137. The highest BCUT2D eigenvalue weighted by Crippen LogP contribution is 2.19. The predicted molar refractivity (Wildman–Crippen MR) is 90.4 cm³/mol. The number of hydrogen-bond donors (Lipinski definition) is 1. The van der Waals surface area contributed by atoms with Gasteiger partial charge in [-0.1, -0.05) is 0 Å². The van der Waals surface area contributed by atoms with Gasteiger partial charge in [-0.2, -0.15) is 4.31 Å². The Labute approximate surface area is 146 Å². The van der Waals surface area contributed by atoms with E-state index in [1.165, 1.54) is 28.6 Å². The van der Waals surface area contributed by atoms with Crippen molar-refractivity contribution in [3.63, 3.8) is 0 Å². The molecule has 8 nitrogen and oxygen atoms in total. The number of carbonyl (C=O) groups excluding carboxylic acids is 2. The number of esters is 1. The summed E-state index contributed by atoms with van der Waals surface area (Å²) in [6.07, 6.45) is 2.08. The van der Waals surface area contributed by atoms with Crippen LogP contribution in [-0.4, -0.2) is 57.5 Å². The lowest BCUT2D eigenvalue weighted by atomic mass is 10.3. The Morgan fingerprint density at radius 2 is 1.84 bits per heavy atom. The minimum absolute atomic E-state index is 0.148. The second-order valence-electron chi connectivity index (χ2n) is 5.12. The number of morpholine rings is 1. The highest BCUT2D eigenvalue weighted by Gasteiger charge is 2.26. The Morgan fingerprint density at radius 3 is 2.44 bits per heavy atom. The van der Waals surface area contributed by atoms with Gasteiger partial charge in [-0.05, 0) is 31.2 Å². The van der Waals surface area contributed by atoms with Crippen LogP contribution in [0.2, 0.25) is 0 Å². The van der Waals surface area contributed by atoms with Gasteiger partial charge < -0.3 is 14.8 Å². The predicted octanol–water partition coefficient (Wildman–Crippen LogP) is 0.765. The van der Waals surface area contributed by atoms with Crippen molar-refractivity contribution in [1.29, 1.82) is 0 Å². The molecular formula is C16H20N2O6S. The van der Waals surface area contributed by atoms with Crippen molar-refractivity contribution in [1.82, 2.24) is 4.31 Å². The molecule has 1 amide bonds. The van der Waals surface area contributed by atoms with E-state index in [1.807, 2.05) is 0 Å². The van der Waals surface area contributed by atoms with Gasteiger partial charge in [-0.25, -0.2) is 13.2 Å². The topological polar surface area (TPSA) is 102 Å². The molecule has 2 rings (SSSR count). The second-order valence-corrected chi connectivity index (χ2v) is 7.05. The number of carbonyl (C=O) groups is 2. The van der Waals surface area contributed by atoms with E-state index in [0.717, 1.165) is 12.2 Å². The van der Waals surface area contributed by atoms with Crippen LogP contribution in [0.15, 0.2) is 41.3 Å². The van der Waals surface area contributed by atoms with E-state index in [1.54, 1.807) is 6.92 Å². The molecule has 1 aromatic carbocycles. The van der Waals surface area contributed by atoms with Gasteiger partial charge in [0, 0.05) is 30.9 Å². The quantitative estimate of drug-likeness (QED) is 0.588. The lowest BCUT2D eigenvalue weighted by Crippen LogP contribution is -2.40. The van der Waals surface area contributed by atoms with E-state index in [2.05, 4.69) is 10.1 Å². The summed E-state index contributed by atoms with van der Waals surface area (Å²) in [5.74, 6) is -1.12. The molecule has 1 fully saturated rings. The van der Waals surface area contributed by atoms with Crippen molar-refractivity contribution in [2.45, 2.75) is 11.8 Å². The van der Waals surface area contributed by atoms with Gasteiger partial charge in [0.2, 0.25) is 15.9 Å². The second kappa shape index (κ2) is 8.75. The summed E-state index contributed by atoms with van der Waals surface area (Å²) in [6.45, 7) is 3.28. The summed E-state index contributed by atoms with van der Waals surface area (Å²) in [4.78, 5) is 23.0. The summed E-state index contributed by atoms with van der Waals surface area (Å²) in [5, 5.41) is 2.54. The number of rotatable bonds is 6. The molecule has 1 N–H and O–H groups in total. The van der Waals surface area contributed by atoms with E-state index in [4.69, 9.17) is 4.74 Å². The lowest BCUT2D eigenvalue weighted by Gasteiger charge is -2.26. The molecule has 0 saturated carbocycles. The van der Waals surface area contributed by atoms with Crippen molar-refractivity contribution in [3.8, 4) is 0 Å².